The molecule has 1 aromatic heterocycles. The van der Waals surface area contributed by atoms with Crippen LogP contribution in [-0.4, -0.2) is 23.0 Å². The Bertz CT molecular complexity index is 516. The highest BCUT2D eigenvalue weighted by molar-refractivity contribution is 9.10. The fourth-order valence-electron chi connectivity index (χ4n) is 1.26. The van der Waals surface area contributed by atoms with Crippen molar-refractivity contribution in [1.29, 1.82) is 0 Å². The summed E-state index contributed by atoms with van der Waals surface area (Å²) in [7, 11) is 1.63. The lowest BCUT2D eigenvalue weighted by atomic mass is 10.3. The number of hydrogen-bond acceptors (Lipinski definition) is 2. The summed E-state index contributed by atoms with van der Waals surface area (Å²) in [6, 6.07) is 3.83. The van der Waals surface area contributed by atoms with Gasteiger partial charge in [-0.15, -0.1) is 0 Å². The molecule has 0 radical (unpaired) electrons. The summed E-state index contributed by atoms with van der Waals surface area (Å²) >= 11 is 3.46. The molecule has 0 aliphatic heterocycles. The number of H-pyrrole nitrogens is 1. The van der Waals surface area contributed by atoms with Gasteiger partial charge in [0, 0.05) is 7.05 Å². The number of aliphatic imine (C=N–C) groups is 1. The normalized spacial score (nSPS) is 12.0. The van der Waals surface area contributed by atoms with Crippen LogP contribution in [0.3, 0.4) is 0 Å². The largest absolute Gasteiger partial charge is 0.370 e. The van der Waals surface area contributed by atoms with Crippen molar-refractivity contribution in [2.24, 2.45) is 10.7 Å². The molecule has 0 aliphatic rings. The van der Waals surface area contributed by atoms with Crippen LogP contribution in [0.2, 0.25) is 0 Å². The van der Waals surface area contributed by atoms with Crippen LogP contribution in [-0.2, 0) is 0 Å². The average molecular weight is 268 g/mol. The molecule has 0 bridgehead atoms. The summed E-state index contributed by atoms with van der Waals surface area (Å²) in [4.78, 5) is 11.0. The maximum atomic E-state index is 5.58. The van der Waals surface area contributed by atoms with E-state index in [-0.39, 0.29) is 0 Å². The number of nitrogens with zero attached hydrogens (tertiary/aromatic N) is 2. The van der Waals surface area contributed by atoms with Crippen LogP contribution in [0.4, 0.5) is 5.69 Å². The summed E-state index contributed by atoms with van der Waals surface area (Å²) in [6.07, 6.45) is 1.65. The molecule has 0 saturated heterocycles. The van der Waals surface area contributed by atoms with Crippen LogP contribution in [0.15, 0.2) is 27.9 Å². The van der Waals surface area contributed by atoms with E-state index in [4.69, 9.17) is 5.73 Å². The molecule has 1 heterocycles. The first-order valence-electron chi connectivity index (χ1n) is 4.33. The molecule has 4 N–H and O–H groups in total. The summed E-state index contributed by atoms with van der Waals surface area (Å²) in [5.74, 6) is 0.366. The van der Waals surface area contributed by atoms with Crippen molar-refractivity contribution in [2.75, 3.05) is 12.4 Å². The monoisotopic (exact) mass is 267 g/mol. The highest BCUT2D eigenvalue weighted by Crippen LogP contribution is 2.29. The minimum Gasteiger partial charge on any atom is -0.370 e. The van der Waals surface area contributed by atoms with Gasteiger partial charge in [-0.3, -0.25) is 4.99 Å². The molecule has 2 rings (SSSR count). The van der Waals surface area contributed by atoms with E-state index < -0.39 is 0 Å². The Kier molecular flexibility index (Phi) is 2.59. The Morgan fingerprint density at radius 3 is 3.13 bits per heavy atom. The van der Waals surface area contributed by atoms with Crippen molar-refractivity contribution in [1.82, 2.24) is 9.97 Å². The maximum absolute atomic E-state index is 5.58. The number of halogens is 1. The third-order valence-corrected chi connectivity index (χ3v) is 2.84. The number of imidazole rings is 1. The van der Waals surface area contributed by atoms with Crippen LogP contribution in [0.1, 0.15) is 0 Å². The van der Waals surface area contributed by atoms with Crippen LogP contribution < -0.4 is 11.1 Å². The third-order valence-electron chi connectivity index (χ3n) is 2.03. The highest BCUT2D eigenvalue weighted by Gasteiger charge is 2.07. The quantitative estimate of drug-likeness (QED) is 0.544. The van der Waals surface area contributed by atoms with Gasteiger partial charge in [0.05, 0.1) is 22.0 Å². The Hall–Kier alpha value is -1.56. The number of benzene rings is 1. The minimum absolute atomic E-state index is 0.366. The minimum atomic E-state index is 0.366. The van der Waals surface area contributed by atoms with Crippen molar-refractivity contribution in [3.8, 4) is 0 Å². The number of guanidine groups is 1. The van der Waals surface area contributed by atoms with Gasteiger partial charge < -0.3 is 16.0 Å². The first-order chi connectivity index (χ1) is 7.22. The number of rotatable bonds is 1. The van der Waals surface area contributed by atoms with E-state index in [0.29, 0.717) is 5.96 Å². The summed E-state index contributed by atoms with van der Waals surface area (Å²) in [5, 5.41) is 2.97. The molecule has 0 amide bonds. The number of hydrogen-bond donors (Lipinski definition) is 3. The smallest absolute Gasteiger partial charge is 0.192 e. The van der Waals surface area contributed by atoms with Gasteiger partial charge in [0.15, 0.2) is 5.96 Å². The molecule has 0 unspecified atom stereocenters. The van der Waals surface area contributed by atoms with E-state index in [1.54, 1.807) is 13.4 Å². The molecule has 1 aromatic carbocycles. The predicted molar refractivity (Wildman–Crippen MR) is 65.0 cm³/mol. The second-order valence-electron chi connectivity index (χ2n) is 2.96. The SMILES string of the molecule is CN=C(N)Nc1ccc2[nH]cnc2c1Br. The van der Waals surface area contributed by atoms with Gasteiger partial charge in [0.2, 0.25) is 0 Å². The van der Waals surface area contributed by atoms with Crippen molar-refractivity contribution in [3.63, 3.8) is 0 Å². The van der Waals surface area contributed by atoms with Crippen molar-refractivity contribution in [3.05, 3.63) is 22.9 Å². The van der Waals surface area contributed by atoms with Crippen molar-refractivity contribution in [2.45, 2.75) is 0 Å². The van der Waals surface area contributed by atoms with E-state index in [9.17, 15) is 0 Å². The van der Waals surface area contributed by atoms with Crippen LogP contribution in [0.25, 0.3) is 11.0 Å². The number of nitrogens with one attached hydrogen (secondary N) is 2. The molecule has 0 aliphatic carbocycles. The lowest BCUT2D eigenvalue weighted by Gasteiger charge is -2.07. The fraction of sp³-hybridized carbons (Fsp3) is 0.111. The van der Waals surface area contributed by atoms with E-state index >= 15 is 0 Å². The molecule has 0 atom stereocenters. The summed E-state index contributed by atoms with van der Waals surface area (Å²) in [6.45, 7) is 0. The lowest BCUT2D eigenvalue weighted by molar-refractivity contribution is 1.34. The van der Waals surface area contributed by atoms with E-state index in [0.717, 1.165) is 21.2 Å². The van der Waals surface area contributed by atoms with Gasteiger partial charge in [-0.2, -0.15) is 0 Å². The first-order valence-corrected chi connectivity index (χ1v) is 5.12. The Labute approximate surface area is 94.9 Å². The molecule has 0 spiro atoms. The third kappa shape index (κ3) is 1.80. The number of aromatic nitrogens is 2. The van der Waals surface area contributed by atoms with Gasteiger partial charge in [0.25, 0.3) is 0 Å². The van der Waals surface area contributed by atoms with E-state index in [1.165, 1.54) is 0 Å². The predicted octanol–water partition coefficient (Wildman–Crippen LogP) is 1.68. The lowest BCUT2D eigenvalue weighted by Crippen LogP contribution is -2.22. The second kappa shape index (κ2) is 3.90. The molecular formula is C9H10BrN5. The van der Waals surface area contributed by atoms with Crippen LogP contribution >= 0.6 is 15.9 Å². The molecule has 2 aromatic rings. The molecule has 6 heteroatoms. The zero-order valence-corrected chi connectivity index (χ0v) is 9.67. The average Bonchev–Trinajstić information content (AvgIpc) is 2.70. The van der Waals surface area contributed by atoms with Gasteiger partial charge >= 0.3 is 0 Å². The maximum Gasteiger partial charge on any atom is 0.192 e. The van der Waals surface area contributed by atoms with Crippen molar-refractivity contribution >= 4 is 38.6 Å². The zero-order chi connectivity index (χ0) is 10.8. The first kappa shape index (κ1) is 9.97. The highest BCUT2D eigenvalue weighted by atomic mass is 79.9. The Morgan fingerprint density at radius 1 is 1.60 bits per heavy atom. The second-order valence-corrected chi connectivity index (χ2v) is 3.75. The fourth-order valence-corrected chi connectivity index (χ4v) is 1.81. The number of fused-ring (bicyclic) bond motifs is 1. The molecule has 78 valence electrons. The summed E-state index contributed by atoms with van der Waals surface area (Å²) in [5.41, 5.74) is 8.26. The Morgan fingerprint density at radius 2 is 2.40 bits per heavy atom. The van der Waals surface area contributed by atoms with Gasteiger partial charge in [0.1, 0.15) is 5.52 Å². The topological polar surface area (TPSA) is 79.1 Å². The van der Waals surface area contributed by atoms with Gasteiger partial charge in [-0.25, -0.2) is 4.98 Å². The Balaban J connectivity index is 2.48. The zero-order valence-electron chi connectivity index (χ0n) is 8.08. The molecule has 0 saturated carbocycles. The van der Waals surface area contributed by atoms with Crippen LogP contribution in [0.5, 0.6) is 0 Å². The number of nitrogens with two attached hydrogens (primary N) is 1. The standard InChI is InChI=1S/C9H10BrN5/c1-12-9(11)15-5-2-3-6-8(7(5)10)14-4-13-6/h2-4H,1H3,(H,13,14)(H3,11,12,15). The van der Waals surface area contributed by atoms with Gasteiger partial charge in [-0.05, 0) is 28.1 Å². The number of anilines is 1. The molecule has 15 heavy (non-hydrogen) atoms. The molecule has 5 nitrogen and oxygen atoms in total. The molecular weight excluding hydrogens is 258 g/mol. The molecule has 0 fully saturated rings. The van der Waals surface area contributed by atoms with Crippen LogP contribution in [0, 0.1) is 0 Å². The van der Waals surface area contributed by atoms with E-state index in [2.05, 4.69) is 36.2 Å². The summed E-state index contributed by atoms with van der Waals surface area (Å²) < 4.78 is 0.868. The van der Waals surface area contributed by atoms with Crippen molar-refractivity contribution < 1.29 is 0 Å². The van der Waals surface area contributed by atoms with E-state index in [1.807, 2.05) is 12.1 Å². The number of aromatic amines is 1. The van der Waals surface area contributed by atoms with Gasteiger partial charge in [-0.1, -0.05) is 0 Å².